The minimum absolute atomic E-state index is 0.0268. The largest absolute Gasteiger partial charge is 0.472 e. The number of hydrogen-bond acceptors (Lipinski definition) is 10. The second-order valence-electron chi connectivity index (χ2n) is 18.2. The van der Waals surface area contributed by atoms with E-state index in [1.165, 1.54) is 136 Å². The smallest absolute Gasteiger partial charge is 0.466 e. The Morgan fingerprint density at radius 2 is 0.891 bits per heavy atom. The third-order valence-corrected chi connectivity index (χ3v) is 13.6. The lowest BCUT2D eigenvalue weighted by Gasteiger charge is -2.20. The van der Waals surface area contributed by atoms with Crippen LogP contribution in [0.3, 0.4) is 0 Å². The van der Waals surface area contributed by atoms with Gasteiger partial charge in [-0.2, -0.15) is 0 Å². The molecule has 0 aliphatic rings. The summed E-state index contributed by atoms with van der Waals surface area (Å²) in [4.78, 5) is 35.4. The van der Waals surface area contributed by atoms with Crippen LogP contribution in [-0.2, 0) is 58.4 Å². The highest BCUT2D eigenvalue weighted by molar-refractivity contribution is 7.47. The molecule has 0 aliphatic carbocycles. The van der Waals surface area contributed by atoms with E-state index in [0.29, 0.717) is 19.4 Å². The summed E-state index contributed by atoms with van der Waals surface area (Å²) < 4.78 is 45.9. The van der Waals surface area contributed by atoms with Crippen LogP contribution in [0.2, 0.25) is 0 Å². The van der Waals surface area contributed by atoms with E-state index < -0.39 is 26.5 Å². The van der Waals surface area contributed by atoms with Crippen LogP contribution in [0.15, 0.2) is 8.83 Å². The van der Waals surface area contributed by atoms with Gasteiger partial charge in [-0.3, -0.25) is 18.6 Å². The van der Waals surface area contributed by atoms with Crippen molar-refractivity contribution in [2.45, 2.75) is 240 Å². The number of nitrogens with one attached hydrogen (secondary N) is 1. The zero-order valence-electron chi connectivity index (χ0n) is 41.7. The summed E-state index contributed by atoms with van der Waals surface area (Å²) in [5, 5.41) is 2.83. The van der Waals surface area contributed by atoms with Gasteiger partial charge in [0.15, 0.2) is 6.10 Å². The van der Waals surface area contributed by atoms with Crippen molar-refractivity contribution in [1.82, 2.24) is 5.32 Å². The molecular formula is C52H92NO10P. The number of hydrogen-bond donors (Lipinski definition) is 2. The molecule has 11 nitrogen and oxygen atoms in total. The number of furan rings is 2. The van der Waals surface area contributed by atoms with Crippen molar-refractivity contribution in [2.24, 2.45) is 0 Å². The molecule has 0 spiro atoms. The zero-order valence-corrected chi connectivity index (χ0v) is 42.6. The van der Waals surface area contributed by atoms with Crippen molar-refractivity contribution in [3.63, 3.8) is 0 Å². The summed E-state index contributed by atoms with van der Waals surface area (Å²) in [5.41, 5.74) is 5.35. The predicted molar refractivity (Wildman–Crippen MR) is 259 cm³/mol. The predicted octanol–water partition coefficient (Wildman–Crippen LogP) is 14.0. The summed E-state index contributed by atoms with van der Waals surface area (Å²) in [6.07, 6.45) is 30.6. The summed E-state index contributed by atoms with van der Waals surface area (Å²) in [5.74, 6) is 3.88. The number of unbranched alkanes of at least 4 members (excludes halogenated alkanes) is 20. The number of carbonyl (C=O) groups is 2. The molecule has 1 unspecified atom stereocenters. The number of ether oxygens (including phenoxy) is 2. The van der Waals surface area contributed by atoms with Gasteiger partial charge >= 0.3 is 19.8 Å². The van der Waals surface area contributed by atoms with Crippen LogP contribution in [0.25, 0.3) is 0 Å². The van der Waals surface area contributed by atoms with E-state index in [1.807, 2.05) is 0 Å². The molecule has 0 amide bonds. The fraction of sp³-hybridized carbons (Fsp3) is 0.808. The first-order chi connectivity index (χ1) is 30.9. The molecule has 0 saturated carbocycles. The molecule has 0 saturated heterocycles. The molecule has 370 valence electrons. The van der Waals surface area contributed by atoms with Crippen LogP contribution in [0.1, 0.15) is 226 Å². The Labute approximate surface area is 389 Å². The fourth-order valence-corrected chi connectivity index (χ4v) is 8.90. The van der Waals surface area contributed by atoms with Crippen LogP contribution in [0, 0.1) is 27.7 Å². The number of carbonyl (C=O) groups excluding carboxylic acids is 2. The maximum atomic E-state index is 12.8. The Balaban J connectivity index is 1.57. The van der Waals surface area contributed by atoms with Gasteiger partial charge in [0.1, 0.15) is 29.6 Å². The third kappa shape index (κ3) is 26.0. The molecule has 0 fully saturated rings. The number of esters is 2. The van der Waals surface area contributed by atoms with Crippen LogP contribution in [0.5, 0.6) is 0 Å². The first-order valence-corrected chi connectivity index (χ1v) is 27.2. The average Bonchev–Trinajstić information content (AvgIpc) is 3.70. The molecule has 2 aromatic rings. The Bertz CT molecular complexity index is 1570. The fourth-order valence-electron chi connectivity index (χ4n) is 8.15. The molecule has 2 heterocycles. The van der Waals surface area contributed by atoms with Crippen molar-refractivity contribution in [2.75, 3.05) is 33.4 Å². The molecule has 0 bridgehead atoms. The second kappa shape index (κ2) is 35.7. The minimum atomic E-state index is -4.37. The molecule has 0 radical (unpaired) electrons. The van der Waals surface area contributed by atoms with Crippen LogP contribution in [0.4, 0.5) is 0 Å². The Morgan fingerprint density at radius 1 is 0.531 bits per heavy atom. The number of likely N-dealkylation sites (N-methyl/N-ethyl adjacent to an activating group) is 1. The van der Waals surface area contributed by atoms with E-state index in [4.69, 9.17) is 27.4 Å². The minimum Gasteiger partial charge on any atom is -0.466 e. The van der Waals surface area contributed by atoms with Crippen molar-refractivity contribution >= 4 is 19.8 Å². The number of phosphoric ester groups is 1. The molecule has 12 heteroatoms. The van der Waals surface area contributed by atoms with Crippen LogP contribution >= 0.6 is 7.82 Å². The molecule has 2 rings (SSSR count). The highest BCUT2D eigenvalue weighted by Gasteiger charge is 2.26. The maximum Gasteiger partial charge on any atom is 0.472 e. The van der Waals surface area contributed by atoms with Gasteiger partial charge < -0.3 is 28.5 Å². The van der Waals surface area contributed by atoms with E-state index in [9.17, 15) is 19.0 Å². The van der Waals surface area contributed by atoms with Crippen LogP contribution in [-0.4, -0.2) is 56.3 Å². The molecule has 2 N–H and O–H groups in total. The topological polar surface area (TPSA) is 147 Å². The third-order valence-electron chi connectivity index (χ3n) is 12.6. The summed E-state index contributed by atoms with van der Waals surface area (Å²) in [6, 6.07) is 0. The highest BCUT2D eigenvalue weighted by atomic mass is 31.2. The molecule has 0 aromatic carbocycles. The lowest BCUT2D eigenvalue weighted by molar-refractivity contribution is -0.161. The molecule has 64 heavy (non-hydrogen) atoms. The van der Waals surface area contributed by atoms with Gasteiger partial charge in [-0.1, -0.05) is 129 Å². The zero-order chi connectivity index (χ0) is 46.8. The van der Waals surface area contributed by atoms with Gasteiger partial charge in [0.05, 0.1) is 13.2 Å². The lowest BCUT2D eigenvalue weighted by atomic mass is 10.0. The van der Waals surface area contributed by atoms with Gasteiger partial charge in [0.25, 0.3) is 0 Å². The second-order valence-corrected chi connectivity index (χ2v) is 19.6. The molecule has 2 aromatic heterocycles. The SMILES string of the molecule is CCCCCc1oc(CCCCCCCCCCCCC(=O)O[C@H](COC(=O)CCCCCCCCCCc2oc(CCCCC)c(C)c2C)COP(=O)(O)OCCNC)c(C)c1C. The molecule has 2 atom stereocenters. The standard InChI is InChI=1S/C52H92NO10P/c1-8-10-26-32-47-42(3)44(5)49(62-47)34-28-22-18-14-12-13-15-21-25-31-37-52(55)61-46(41-60-64(56,57)59-39-38-53-7)40-58-51(54)36-30-24-20-17-16-19-23-29-35-50-45(6)43(4)48(63-50)33-27-11-9-2/h46,53H,8-41H2,1-7H3,(H,56,57)/t46-/m1/s1. The van der Waals surface area contributed by atoms with Gasteiger partial charge in [0, 0.05) is 45.1 Å². The summed E-state index contributed by atoms with van der Waals surface area (Å²) in [6.45, 7) is 12.9. The lowest BCUT2D eigenvalue weighted by Crippen LogP contribution is -2.29. The van der Waals surface area contributed by atoms with E-state index in [1.54, 1.807) is 7.05 Å². The number of phosphoric acid groups is 1. The van der Waals surface area contributed by atoms with Gasteiger partial charge in [-0.05, 0) is 95.5 Å². The Morgan fingerprint density at radius 3 is 1.28 bits per heavy atom. The average molecular weight is 922 g/mol. The molecular weight excluding hydrogens is 830 g/mol. The first kappa shape index (κ1) is 57.7. The first-order valence-electron chi connectivity index (χ1n) is 25.7. The molecule has 0 aliphatic heterocycles. The van der Waals surface area contributed by atoms with Gasteiger partial charge in [-0.15, -0.1) is 0 Å². The van der Waals surface area contributed by atoms with Crippen molar-refractivity contribution < 1.29 is 46.4 Å². The summed E-state index contributed by atoms with van der Waals surface area (Å²) in [7, 11) is -2.68. The number of aryl methyl sites for hydroxylation is 4. The van der Waals surface area contributed by atoms with E-state index in [-0.39, 0.29) is 32.0 Å². The van der Waals surface area contributed by atoms with E-state index in [2.05, 4.69) is 46.9 Å². The van der Waals surface area contributed by atoms with E-state index >= 15 is 0 Å². The maximum absolute atomic E-state index is 12.8. The van der Waals surface area contributed by atoms with Crippen LogP contribution < -0.4 is 5.32 Å². The summed E-state index contributed by atoms with van der Waals surface area (Å²) >= 11 is 0. The quantitative estimate of drug-likeness (QED) is 0.0373. The monoisotopic (exact) mass is 922 g/mol. The van der Waals surface area contributed by atoms with Crippen molar-refractivity contribution in [1.29, 1.82) is 0 Å². The van der Waals surface area contributed by atoms with Gasteiger partial charge in [-0.25, -0.2) is 4.57 Å². The van der Waals surface area contributed by atoms with Crippen molar-refractivity contribution in [3.05, 3.63) is 45.3 Å². The van der Waals surface area contributed by atoms with Crippen molar-refractivity contribution in [3.8, 4) is 0 Å². The highest BCUT2D eigenvalue weighted by Crippen LogP contribution is 2.43. The number of rotatable bonds is 42. The van der Waals surface area contributed by atoms with Gasteiger partial charge in [0.2, 0.25) is 0 Å². The van der Waals surface area contributed by atoms with E-state index in [0.717, 1.165) is 76.4 Å². The Kier molecular flexibility index (Phi) is 32.2. The Hall–Kier alpha value is -2.43. The normalized spacial score (nSPS) is 13.1.